The molecule has 1 aliphatic rings. The first-order valence-electron chi connectivity index (χ1n) is 6.82. The van der Waals surface area contributed by atoms with Gasteiger partial charge >= 0.3 is 0 Å². The molecular formula is C15H22N2O2. The highest BCUT2D eigenvalue weighted by Gasteiger charge is 2.23. The molecule has 4 nitrogen and oxygen atoms in total. The Labute approximate surface area is 114 Å². The number of amides is 1. The molecule has 1 fully saturated rings. The Morgan fingerprint density at radius 2 is 2.11 bits per heavy atom. The lowest BCUT2D eigenvalue weighted by Crippen LogP contribution is -2.46. The van der Waals surface area contributed by atoms with E-state index in [0.717, 1.165) is 30.7 Å². The third-order valence-corrected chi connectivity index (χ3v) is 3.56. The maximum Gasteiger partial charge on any atom is 0.239 e. The number of nitrogens with zero attached hydrogens (tertiary/aromatic N) is 1. The number of rotatable bonds is 4. The summed E-state index contributed by atoms with van der Waals surface area (Å²) in [6.45, 7) is 1.59. The van der Waals surface area contributed by atoms with Crippen LogP contribution in [0.1, 0.15) is 24.8 Å². The van der Waals surface area contributed by atoms with Crippen molar-refractivity contribution in [3.8, 4) is 5.75 Å². The highest BCUT2D eigenvalue weighted by molar-refractivity contribution is 5.81. The zero-order chi connectivity index (χ0) is 13.7. The first-order valence-corrected chi connectivity index (χ1v) is 6.82. The van der Waals surface area contributed by atoms with Crippen molar-refractivity contribution in [3.05, 3.63) is 29.8 Å². The smallest absolute Gasteiger partial charge is 0.239 e. The topological polar surface area (TPSA) is 41.6 Å². The molecule has 1 saturated heterocycles. The zero-order valence-corrected chi connectivity index (χ0v) is 11.7. The standard InChI is InChI=1S/C15H22N2O2/c1-17(15(18)14-5-3-4-10-16-14)11-12-6-8-13(19-2)9-7-12/h6-9,14,16H,3-5,10-11H2,1-2H3. The number of hydrogen-bond donors (Lipinski definition) is 1. The van der Waals surface area contributed by atoms with Gasteiger partial charge in [0.1, 0.15) is 5.75 Å². The highest BCUT2D eigenvalue weighted by Crippen LogP contribution is 2.14. The minimum Gasteiger partial charge on any atom is -0.497 e. The van der Waals surface area contributed by atoms with Gasteiger partial charge in [-0.2, -0.15) is 0 Å². The fourth-order valence-corrected chi connectivity index (χ4v) is 2.41. The Morgan fingerprint density at radius 3 is 2.68 bits per heavy atom. The van der Waals surface area contributed by atoms with Crippen LogP contribution >= 0.6 is 0 Å². The average Bonchev–Trinajstić information content (AvgIpc) is 2.48. The lowest BCUT2D eigenvalue weighted by molar-refractivity contribution is -0.133. The van der Waals surface area contributed by atoms with Crippen molar-refractivity contribution in [1.82, 2.24) is 10.2 Å². The fraction of sp³-hybridized carbons (Fsp3) is 0.533. The quantitative estimate of drug-likeness (QED) is 0.899. The van der Waals surface area contributed by atoms with Crippen LogP contribution in [0.15, 0.2) is 24.3 Å². The van der Waals surface area contributed by atoms with Crippen molar-refractivity contribution in [2.45, 2.75) is 31.8 Å². The van der Waals surface area contributed by atoms with Crippen molar-refractivity contribution in [3.63, 3.8) is 0 Å². The van der Waals surface area contributed by atoms with E-state index in [4.69, 9.17) is 4.74 Å². The third kappa shape index (κ3) is 3.70. The number of nitrogens with one attached hydrogen (secondary N) is 1. The summed E-state index contributed by atoms with van der Waals surface area (Å²) in [4.78, 5) is 14.1. The molecule has 1 aromatic carbocycles. The molecule has 0 aromatic heterocycles. The van der Waals surface area contributed by atoms with Gasteiger partial charge in [-0.05, 0) is 37.1 Å². The van der Waals surface area contributed by atoms with Gasteiger partial charge in [-0.25, -0.2) is 0 Å². The predicted molar refractivity (Wildman–Crippen MR) is 75.1 cm³/mol. The molecule has 1 aliphatic heterocycles. The fourth-order valence-electron chi connectivity index (χ4n) is 2.41. The molecule has 2 rings (SSSR count). The SMILES string of the molecule is COc1ccc(CN(C)C(=O)C2CCCCN2)cc1. The summed E-state index contributed by atoms with van der Waals surface area (Å²) in [5.74, 6) is 1.03. The molecule has 0 bridgehead atoms. The molecule has 0 radical (unpaired) electrons. The van der Waals surface area contributed by atoms with Gasteiger partial charge in [0.15, 0.2) is 0 Å². The summed E-state index contributed by atoms with van der Waals surface area (Å²) in [5.41, 5.74) is 1.12. The number of carbonyl (C=O) groups excluding carboxylic acids is 1. The van der Waals surface area contributed by atoms with Crippen LogP contribution < -0.4 is 10.1 Å². The van der Waals surface area contributed by atoms with E-state index in [-0.39, 0.29) is 11.9 Å². The molecule has 0 aliphatic carbocycles. The van der Waals surface area contributed by atoms with Crippen LogP contribution in [0, 0.1) is 0 Å². The van der Waals surface area contributed by atoms with Crippen molar-refractivity contribution < 1.29 is 9.53 Å². The molecule has 1 aromatic rings. The van der Waals surface area contributed by atoms with E-state index in [9.17, 15) is 4.79 Å². The van der Waals surface area contributed by atoms with Crippen LogP contribution in [0.3, 0.4) is 0 Å². The van der Waals surface area contributed by atoms with Crippen molar-refractivity contribution in [2.24, 2.45) is 0 Å². The number of piperidine rings is 1. The second-order valence-corrected chi connectivity index (χ2v) is 5.04. The Balaban J connectivity index is 1.91. The van der Waals surface area contributed by atoms with Crippen LogP contribution in [0.2, 0.25) is 0 Å². The van der Waals surface area contributed by atoms with Gasteiger partial charge in [-0.1, -0.05) is 18.6 Å². The molecule has 1 heterocycles. The molecular weight excluding hydrogens is 240 g/mol. The normalized spacial score (nSPS) is 18.9. The van der Waals surface area contributed by atoms with Gasteiger partial charge in [0.05, 0.1) is 13.2 Å². The minimum absolute atomic E-state index is 0.00278. The second-order valence-electron chi connectivity index (χ2n) is 5.04. The van der Waals surface area contributed by atoms with Crippen molar-refractivity contribution in [2.75, 3.05) is 20.7 Å². The van der Waals surface area contributed by atoms with Crippen LogP contribution in [-0.2, 0) is 11.3 Å². The van der Waals surface area contributed by atoms with Gasteiger partial charge in [-0.15, -0.1) is 0 Å². The first kappa shape index (κ1) is 13.9. The van der Waals surface area contributed by atoms with Crippen LogP contribution in [-0.4, -0.2) is 37.6 Å². The molecule has 1 amide bonds. The Hall–Kier alpha value is -1.55. The number of ether oxygens (including phenoxy) is 1. The van der Waals surface area contributed by atoms with E-state index >= 15 is 0 Å². The van der Waals surface area contributed by atoms with E-state index in [0.29, 0.717) is 6.54 Å². The lowest BCUT2D eigenvalue weighted by atomic mass is 10.0. The molecule has 0 spiro atoms. The molecule has 0 saturated carbocycles. The first-order chi connectivity index (χ1) is 9.20. The monoisotopic (exact) mass is 262 g/mol. The van der Waals surface area contributed by atoms with Crippen LogP contribution in [0.25, 0.3) is 0 Å². The molecule has 1 unspecified atom stereocenters. The Morgan fingerprint density at radius 1 is 1.37 bits per heavy atom. The molecule has 19 heavy (non-hydrogen) atoms. The summed E-state index contributed by atoms with van der Waals surface area (Å²) in [5, 5.41) is 3.29. The van der Waals surface area contributed by atoms with Crippen molar-refractivity contribution >= 4 is 5.91 Å². The summed E-state index contributed by atoms with van der Waals surface area (Å²) in [7, 11) is 3.52. The van der Waals surface area contributed by atoms with Gasteiger partial charge in [-0.3, -0.25) is 4.79 Å². The molecule has 104 valence electrons. The Bertz CT molecular complexity index is 411. The number of carbonyl (C=O) groups is 1. The molecule has 1 N–H and O–H groups in total. The third-order valence-electron chi connectivity index (χ3n) is 3.56. The maximum atomic E-state index is 12.3. The number of methoxy groups -OCH3 is 1. The van der Waals surface area contributed by atoms with Gasteiger partial charge in [0.25, 0.3) is 0 Å². The van der Waals surface area contributed by atoms with Crippen LogP contribution in [0.4, 0.5) is 0 Å². The largest absolute Gasteiger partial charge is 0.497 e. The minimum atomic E-state index is -0.00278. The lowest BCUT2D eigenvalue weighted by Gasteiger charge is -2.27. The van der Waals surface area contributed by atoms with Crippen LogP contribution in [0.5, 0.6) is 5.75 Å². The van der Waals surface area contributed by atoms with E-state index in [1.807, 2.05) is 31.3 Å². The van der Waals surface area contributed by atoms with Gasteiger partial charge in [0, 0.05) is 13.6 Å². The van der Waals surface area contributed by atoms with Gasteiger partial charge in [0.2, 0.25) is 5.91 Å². The maximum absolute atomic E-state index is 12.3. The average molecular weight is 262 g/mol. The summed E-state index contributed by atoms with van der Waals surface area (Å²) in [6, 6.07) is 7.84. The molecule has 1 atom stereocenters. The van der Waals surface area contributed by atoms with E-state index < -0.39 is 0 Å². The second kappa shape index (κ2) is 6.57. The zero-order valence-electron chi connectivity index (χ0n) is 11.7. The van der Waals surface area contributed by atoms with E-state index in [1.54, 1.807) is 12.0 Å². The predicted octanol–water partition coefficient (Wildman–Crippen LogP) is 1.80. The highest BCUT2D eigenvalue weighted by atomic mass is 16.5. The number of hydrogen-bond acceptors (Lipinski definition) is 3. The molecule has 4 heteroatoms. The summed E-state index contributed by atoms with van der Waals surface area (Å²) in [6.07, 6.45) is 3.26. The number of likely N-dealkylation sites (N-methyl/N-ethyl adjacent to an activating group) is 1. The Kier molecular flexibility index (Phi) is 4.80. The number of benzene rings is 1. The van der Waals surface area contributed by atoms with Crippen molar-refractivity contribution in [1.29, 1.82) is 0 Å². The van der Waals surface area contributed by atoms with E-state index in [2.05, 4.69) is 5.32 Å². The summed E-state index contributed by atoms with van der Waals surface area (Å²) >= 11 is 0. The summed E-state index contributed by atoms with van der Waals surface area (Å²) < 4.78 is 5.13. The van der Waals surface area contributed by atoms with Gasteiger partial charge < -0.3 is 15.0 Å². The van der Waals surface area contributed by atoms with E-state index in [1.165, 1.54) is 6.42 Å².